The Kier molecular flexibility index (Phi) is 2.65. The first-order chi connectivity index (χ1) is 6.02. The van der Waals surface area contributed by atoms with Crippen molar-refractivity contribution in [2.24, 2.45) is 11.8 Å². The van der Waals surface area contributed by atoms with Crippen LogP contribution in [-0.2, 0) is 14.4 Å². The predicted octanol–water partition coefficient (Wildman–Crippen LogP) is 0.141. The molecule has 0 radical (unpaired) electrons. The molecule has 1 fully saturated rings. The number of carboxylic acids is 2. The van der Waals surface area contributed by atoms with E-state index in [0.717, 1.165) is 0 Å². The zero-order chi connectivity index (χ0) is 10.0. The van der Waals surface area contributed by atoms with Crippen molar-refractivity contribution >= 4 is 17.7 Å². The zero-order valence-corrected chi connectivity index (χ0v) is 6.90. The van der Waals surface area contributed by atoms with E-state index in [1.54, 1.807) is 0 Å². The fourth-order valence-corrected chi connectivity index (χ4v) is 1.56. The molecule has 0 aliphatic heterocycles. The molecule has 2 N–H and O–H groups in total. The molecule has 1 saturated carbocycles. The number of rotatable bonds is 2. The average molecular weight is 186 g/mol. The Hall–Kier alpha value is -1.39. The van der Waals surface area contributed by atoms with Crippen LogP contribution in [0.1, 0.15) is 19.3 Å². The van der Waals surface area contributed by atoms with Crippen LogP contribution in [0.3, 0.4) is 0 Å². The van der Waals surface area contributed by atoms with E-state index in [4.69, 9.17) is 10.2 Å². The first kappa shape index (κ1) is 9.70. The molecule has 0 aromatic rings. The van der Waals surface area contributed by atoms with Crippen molar-refractivity contribution in [3.8, 4) is 0 Å². The summed E-state index contributed by atoms with van der Waals surface area (Å²) in [5, 5.41) is 17.3. The fourth-order valence-electron chi connectivity index (χ4n) is 1.56. The highest BCUT2D eigenvalue weighted by molar-refractivity contribution is 5.89. The molecule has 5 heteroatoms. The lowest BCUT2D eigenvalue weighted by molar-refractivity contribution is -0.157. The maximum atomic E-state index is 10.9. The number of carbonyl (C=O) groups is 3. The monoisotopic (exact) mass is 186 g/mol. The molecule has 72 valence electrons. The zero-order valence-electron chi connectivity index (χ0n) is 6.90. The van der Waals surface area contributed by atoms with Crippen molar-refractivity contribution in [2.75, 3.05) is 0 Å². The molecule has 2 atom stereocenters. The number of hydrogen-bond donors (Lipinski definition) is 2. The normalized spacial score (nSPS) is 28.5. The van der Waals surface area contributed by atoms with Crippen LogP contribution in [0.5, 0.6) is 0 Å². The average Bonchev–Trinajstić information content (AvgIpc) is 2.03. The molecular weight excluding hydrogens is 176 g/mol. The molecule has 2 unspecified atom stereocenters. The van der Waals surface area contributed by atoms with Gasteiger partial charge >= 0.3 is 11.9 Å². The topological polar surface area (TPSA) is 91.7 Å². The van der Waals surface area contributed by atoms with E-state index in [9.17, 15) is 14.4 Å². The standard InChI is InChI=1S/C8H10O5/c9-4-1-2-5(7(10)11)6(3-4)8(12)13/h5-6H,1-3H2,(H,10,11)(H,12,13). The van der Waals surface area contributed by atoms with E-state index in [1.807, 2.05) is 0 Å². The summed E-state index contributed by atoms with van der Waals surface area (Å²) in [6.07, 6.45) is 0.179. The van der Waals surface area contributed by atoms with Gasteiger partial charge in [-0.25, -0.2) is 0 Å². The molecule has 1 rings (SSSR count). The smallest absolute Gasteiger partial charge is 0.307 e. The maximum Gasteiger partial charge on any atom is 0.307 e. The summed E-state index contributed by atoms with van der Waals surface area (Å²) in [5.74, 6) is -4.43. The summed E-state index contributed by atoms with van der Waals surface area (Å²) in [7, 11) is 0. The number of carbonyl (C=O) groups excluding carboxylic acids is 1. The highest BCUT2D eigenvalue weighted by Gasteiger charge is 2.38. The minimum atomic E-state index is -1.19. The number of carboxylic acid groups (broad SMARTS) is 2. The van der Waals surface area contributed by atoms with Gasteiger partial charge in [-0.1, -0.05) is 0 Å². The van der Waals surface area contributed by atoms with Gasteiger partial charge in [-0.15, -0.1) is 0 Å². The van der Waals surface area contributed by atoms with Crippen molar-refractivity contribution in [3.05, 3.63) is 0 Å². The van der Waals surface area contributed by atoms with Gasteiger partial charge in [0.25, 0.3) is 0 Å². The summed E-state index contributed by atoms with van der Waals surface area (Å²) in [6.45, 7) is 0. The van der Waals surface area contributed by atoms with E-state index in [-0.39, 0.29) is 25.0 Å². The van der Waals surface area contributed by atoms with E-state index in [2.05, 4.69) is 0 Å². The van der Waals surface area contributed by atoms with E-state index >= 15 is 0 Å². The molecule has 0 spiro atoms. The Balaban J connectivity index is 2.77. The van der Waals surface area contributed by atoms with Gasteiger partial charge in [-0.05, 0) is 6.42 Å². The third-order valence-electron chi connectivity index (χ3n) is 2.30. The van der Waals surface area contributed by atoms with Crippen molar-refractivity contribution in [1.29, 1.82) is 0 Å². The molecule has 0 saturated heterocycles. The van der Waals surface area contributed by atoms with Crippen LogP contribution in [0.15, 0.2) is 0 Å². The second-order valence-corrected chi connectivity index (χ2v) is 3.17. The first-order valence-corrected chi connectivity index (χ1v) is 3.99. The Morgan fingerprint density at radius 1 is 1.15 bits per heavy atom. The molecular formula is C8H10O5. The third kappa shape index (κ3) is 2.05. The number of Topliss-reactive ketones (excluding diaryl/α,β-unsaturated/α-hetero) is 1. The molecule has 0 heterocycles. The van der Waals surface area contributed by atoms with E-state index < -0.39 is 23.8 Å². The summed E-state index contributed by atoms with van der Waals surface area (Å²) in [5.41, 5.74) is 0. The van der Waals surface area contributed by atoms with Crippen LogP contribution in [0.4, 0.5) is 0 Å². The van der Waals surface area contributed by atoms with Gasteiger partial charge < -0.3 is 10.2 Å². The van der Waals surface area contributed by atoms with Crippen LogP contribution in [0.25, 0.3) is 0 Å². The summed E-state index contributed by atoms with van der Waals surface area (Å²) < 4.78 is 0. The minimum absolute atomic E-state index is 0.144. The second-order valence-electron chi connectivity index (χ2n) is 3.17. The SMILES string of the molecule is O=C1CCC(C(=O)O)C(C(=O)O)C1. The predicted molar refractivity (Wildman–Crippen MR) is 41.1 cm³/mol. The van der Waals surface area contributed by atoms with Crippen LogP contribution < -0.4 is 0 Å². The molecule has 0 aromatic heterocycles. The van der Waals surface area contributed by atoms with Crippen molar-refractivity contribution < 1.29 is 24.6 Å². The Labute approximate surface area is 74.4 Å². The molecule has 5 nitrogen and oxygen atoms in total. The summed E-state index contributed by atoms with van der Waals surface area (Å²) in [4.78, 5) is 32.1. The minimum Gasteiger partial charge on any atom is -0.481 e. The molecule has 0 bridgehead atoms. The van der Waals surface area contributed by atoms with Crippen molar-refractivity contribution in [3.63, 3.8) is 0 Å². The Morgan fingerprint density at radius 2 is 1.69 bits per heavy atom. The fraction of sp³-hybridized carbons (Fsp3) is 0.625. The van der Waals surface area contributed by atoms with Crippen LogP contribution in [0.2, 0.25) is 0 Å². The van der Waals surface area contributed by atoms with E-state index in [0.29, 0.717) is 0 Å². The molecule has 1 aliphatic carbocycles. The van der Waals surface area contributed by atoms with Crippen molar-refractivity contribution in [2.45, 2.75) is 19.3 Å². The Morgan fingerprint density at radius 3 is 2.15 bits per heavy atom. The maximum absolute atomic E-state index is 10.9. The van der Waals surface area contributed by atoms with Gasteiger partial charge in [0.15, 0.2) is 0 Å². The quantitative estimate of drug-likeness (QED) is 0.640. The van der Waals surface area contributed by atoms with Gasteiger partial charge in [0.05, 0.1) is 11.8 Å². The molecule has 13 heavy (non-hydrogen) atoms. The van der Waals surface area contributed by atoms with Crippen LogP contribution in [-0.4, -0.2) is 27.9 Å². The van der Waals surface area contributed by atoms with Crippen LogP contribution in [0, 0.1) is 11.8 Å². The van der Waals surface area contributed by atoms with Gasteiger partial charge in [-0.2, -0.15) is 0 Å². The largest absolute Gasteiger partial charge is 0.481 e. The van der Waals surface area contributed by atoms with Gasteiger partial charge in [-0.3, -0.25) is 14.4 Å². The summed E-state index contributed by atoms with van der Waals surface area (Å²) in [6, 6.07) is 0. The lowest BCUT2D eigenvalue weighted by Crippen LogP contribution is -2.35. The lowest BCUT2D eigenvalue weighted by atomic mass is 9.79. The molecule has 0 aromatic carbocycles. The number of aliphatic carboxylic acids is 2. The van der Waals surface area contributed by atoms with Crippen molar-refractivity contribution in [1.82, 2.24) is 0 Å². The number of hydrogen-bond acceptors (Lipinski definition) is 3. The van der Waals surface area contributed by atoms with E-state index in [1.165, 1.54) is 0 Å². The molecule has 0 amide bonds. The second kappa shape index (κ2) is 3.55. The highest BCUT2D eigenvalue weighted by atomic mass is 16.4. The van der Waals surface area contributed by atoms with Gasteiger partial charge in [0.1, 0.15) is 5.78 Å². The highest BCUT2D eigenvalue weighted by Crippen LogP contribution is 2.28. The lowest BCUT2D eigenvalue weighted by Gasteiger charge is -2.23. The Bertz CT molecular complexity index is 257. The summed E-state index contributed by atoms with van der Waals surface area (Å²) >= 11 is 0. The van der Waals surface area contributed by atoms with Gasteiger partial charge in [0.2, 0.25) is 0 Å². The molecule has 1 aliphatic rings. The first-order valence-electron chi connectivity index (χ1n) is 3.99. The number of ketones is 1. The van der Waals surface area contributed by atoms with Gasteiger partial charge in [0, 0.05) is 12.8 Å². The third-order valence-corrected chi connectivity index (χ3v) is 2.30. The van der Waals surface area contributed by atoms with Crippen LogP contribution >= 0.6 is 0 Å².